The van der Waals surface area contributed by atoms with Gasteiger partial charge in [0.15, 0.2) is 0 Å². The number of nitrogens with zero attached hydrogens (tertiary/aromatic N) is 6. The molecule has 0 unspecified atom stereocenters. The Hall–Kier alpha value is 1.00. The van der Waals surface area contributed by atoms with E-state index < -0.39 is 13.5 Å². The van der Waals surface area contributed by atoms with E-state index in [0.29, 0.717) is 40.0 Å². The van der Waals surface area contributed by atoms with Gasteiger partial charge in [0.1, 0.15) is 0 Å². The zero-order valence-electron chi connectivity index (χ0n) is 25.7. The van der Waals surface area contributed by atoms with Gasteiger partial charge in [0.25, 0.3) is 0 Å². The van der Waals surface area contributed by atoms with Crippen molar-refractivity contribution >= 4 is 24.4 Å². The van der Waals surface area contributed by atoms with Crippen LogP contribution in [0.2, 0.25) is 0 Å². The van der Waals surface area contributed by atoms with Gasteiger partial charge in [0.05, 0.1) is 40.0 Å². The fraction of sp³-hybridized carbons (Fsp3) is 0.400. The van der Waals surface area contributed by atoms with Crippen molar-refractivity contribution in [1.82, 2.24) is 30.4 Å². The van der Waals surface area contributed by atoms with Crippen LogP contribution in [0.1, 0.15) is 0 Å². The van der Waals surface area contributed by atoms with Crippen molar-refractivity contribution in [2.24, 2.45) is 0 Å². The summed E-state index contributed by atoms with van der Waals surface area (Å²) in [5.41, 5.74) is 1.84. The van der Waals surface area contributed by atoms with E-state index in [1.165, 1.54) is 0 Å². The maximum Gasteiger partial charge on any atom is 1.00 e. The Morgan fingerprint density at radius 1 is 0.400 bits per heavy atom. The molecule has 0 aromatic heterocycles. The Morgan fingerprint density at radius 2 is 0.578 bits per heavy atom. The molecular weight excluding hydrogens is 664 g/mol. The average molecular weight is 708 g/mol. The van der Waals surface area contributed by atoms with Gasteiger partial charge in [0.2, 0.25) is 0 Å². The van der Waals surface area contributed by atoms with Gasteiger partial charge in [-0.25, -0.2) is 0 Å². The minimum Gasteiger partial charge on any atom is -0.449 e. The van der Waals surface area contributed by atoms with Crippen LogP contribution in [-0.2, 0) is 28.5 Å². The maximum absolute atomic E-state index is 7.00. The quantitative estimate of drug-likeness (QED) is 0.274. The first-order chi connectivity index (χ1) is 17.7. The van der Waals surface area contributed by atoms with Gasteiger partial charge in [-0.3, -0.25) is 0 Å². The van der Waals surface area contributed by atoms with Gasteiger partial charge in [-0.05, 0) is 0 Å². The van der Waals surface area contributed by atoms with Gasteiger partial charge >= 0.3 is 116 Å². The average Bonchev–Trinajstić information content (AvgIpc) is 2.91. The van der Waals surface area contributed by atoms with Crippen LogP contribution in [0.15, 0.2) is 60.7 Å². The number of aliphatic hydroxyl groups excluding tert-OH is 2. The molecule has 8 bridgehead atoms. The van der Waals surface area contributed by atoms with Crippen molar-refractivity contribution < 1.29 is 180 Å². The third kappa shape index (κ3) is 12.1. The monoisotopic (exact) mass is 708 g/mol. The first-order valence-electron chi connectivity index (χ1n) is 11.6. The van der Waals surface area contributed by atoms with Gasteiger partial charge in [-0.1, -0.05) is 60.7 Å². The third-order valence-electron chi connectivity index (χ3n) is 6.04. The van der Waals surface area contributed by atoms with Gasteiger partial charge in [0, 0.05) is 14.2 Å². The van der Waals surface area contributed by atoms with E-state index in [4.69, 9.17) is 38.7 Å². The minimum atomic E-state index is -1.86. The van der Waals surface area contributed by atoms with E-state index in [-0.39, 0.29) is 141 Å². The molecule has 8 aliphatic heterocycles. The van der Waals surface area contributed by atoms with E-state index >= 15 is 0 Å². The molecule has 45 heavy (non-hydrogen) atoms. The summed E-state index contributed by atoms with van der Waals surface area (Å²) in [6, 6.07) is 19.5. The summed E-state index contributed by atoms with van der Waals surface area (Å²) in [7, 11) is 2.00. The first-order valence-corrected chi connectivity index (χ1v) is 11.6. The molecular formula is C20H44B2K2N6O15. The topological polar surface area (TPSA) is 336 Å². The fourth-order valence-corrected chi connectivity index (χ4v) is 4.76. The number of aliphatic hydroxyl groups is 2. The predicted molar refractivity (Wildman–Crippen MR) is 152 cm³/mol. The Morgan fingerprint density at radius 3 is 0.756 bits per heavy atom. The summed E-state index contributed by atoms with van der Waals surface area (Å²) < 4.78 is 34.6. The van der Waals surface area contributed by atoms with Crippen molar-refractivity contribution in [1.29, 1.82) is 0 Å². The van der Waals surface area contributed by atoms with Crippen molar-refractivity contribution in [3.8, 4) is 0 Å². The van der Waals surface area contributed by atoms with Crippen molar-refractivity contribution in [3.63, 3.8) is 0 Å². The standard InChI is InChI=1S/2C9H11BN3O3.2CH4O.2K.7H2O/c2*1-2-4-9(5-3-1)10-14-11-6-12(15-10)8-13(7-11)16-10;2*1-2;;;;;;;;;/h2*1-5H,6-8H2;2*2H,1H3;;;7*1H2/q2*-1;;;2*+1;;;;;;;. The summed E-state index contributed by atoms with van der Waals surface area (Å²) in [5, 5.41) is 25.1. The Bertz CT molecular complexity index is 871. The first kappa shape index (κ1) is 55.4. The Balaban J connectivity index is -0.000000181. The van der Waals surface area contributed by atoms with Crippen LogP contribution < -0.4 is 114 Å². The molecule has 0 spiro atoms. The van der Waals surface area contributed by atoms with E-state index in [1.54, 1.807) is 0 Å². The van der Waals surface area contributed by atoms with Gasteiger partial charge < -0.3 is 77.1 Å². The molecule has 8 saturated heterocycles. The van der Waals surface area contributed by atoms with E-state index in [9.17, 15) is 0 Å². The summed E-state index contributed by atoms with van der Waals surface area (Å²) in [4.78, 5) is 0. The molecule has 2 aromatic rings. The van der Waals surface area contributed by atoms with Crippen LogP contribution in [0.5, 0.6) is 0 Å². The largest absolute Gasteiger partial charge is 1.00 e. The van der Waals surface area contributed by atoms with Crippen LogP contribution in [0, 0.1) is 0 Å². The summed E-state index contributed by atoms with van der Waals surface area (Å²) >= 11 is 0. The predicted octanol–water partition coefficient (Wildman–Crippen LogP) is -13.7. The number of rotatable bonds is 2. The normalized spacial score (nSPS) is 32.2. The molecule has 8 heterocycles. The molecule has 25 heteroatoms. The zero-order chi connectivity index (χ0) is 25.2. The molecule has 10 rings (SSSR count). The smallest absolute Gasteiger partial charge is 0.449 e. The molecule has 21 nitrogen and oxygen atoms in total. The van der Waals surface area contributed by atoms with E-state index in [0.717, 1.165) is 25.1 Å². The number of hydroxylamine groups is 12. The second kappa shape index (κ2) is 25.0. The van der Waals surface area contributed by atoms with Crippen molar-refractivity contribution in [2.75, 3.05) is 54.2 Å². The molecule has 0 radical (unpaired) electrons. The molecule has 0 aliphatic carbocycles. The second-order valence-corrected chi connectivity index (χ2v) is 8.48. The molecule has 8 aliphatic rings. The second-order valence-electron chi connectivity index (χ2n) is 8.48. The summed E-state index contributed by atoms with van der Waals surface area (Å²) in [6.07, 6.45) is 0. The number of hydrogen-bond donors (Lipinski definition) is 2. The molecule has 16 N–H and O–H groups in total. The van der Waals surface area contributed by atoms with Crippen LogP contribution in [0.25, 0.3) is 0 Å². The Kier molecular flexibility index (Phi) is 30.8. The number of benzene rings is 2. The molecule has 0 saturated carbocycles. The van der Waals surface area contributed by atoms with Gasteiger partial charge in [-0.15, -0.1) is 10.9 Å². The van der Waals surface area contributed by atoms with Crippen LogP contribution >= 0.6 is 0 Å². The van der Waals surface area contributed by atoms with Crippen molar-refractivity contribution in [2.45, 2.75) is 0 Å². The SMILES string of the molecule is CO.CO.O.O.O.O.O.O.O.[K+].[K+].c1ccc([B-]23ON4CN(CN(C4)O2)O3)cc1.c1ccc([B-]23ON4CN(CN(C4)O2)O3)cc1. The van der Waals surface area contributed by atoms with E-state index in [2.05, 4.69) is 0 Å². The summed E-state index contributed by atoms with van der Waals surface area (Å²) in [6.45, 7) is 0.265. The van der Waals surface area contributed by atoms with Crippen LogP contribution in [0.3, 0.4) is 0 Å². The van der Waals surface area contributed by atoms with E-state index in [1.807, 2.05) is 91.0 Å². The number of hydrogen-bond acceptors (Lipinski definition) is 14. The van der Waals surface area contributed by atoms with Crippen LogP contribution in [-0.4, -0.2) is 147 Å². The Labute approximate surface area is 345 Å². The van der Waals surface area contributed by atoms with Crippen molar-refractivity contribution in [3.05, 3.63) is 60.7 Å². The molecule has 0 amide bonds. The molecule has 252 valence electrons. The maximum atomic E-state index is 7.00. The van der Waals surface area contributed by atoms with Gasteiger partial charge in [-0.2, -0.15) is 30.4 Å². The molecule has 2 aromatic carbocycles. The third-order valence-corrected chi connectivity index (χ3v) is 6.04. The molecule has 8 fully saturated rings. The fourth-order valence-electron chi connectivity index (χ4n) is 4.76. The minimum absolute atomic E-state index is 0. The van der Waals surface area contributed by atoms with Crippen LogP contribution in [0.4, 0.5) is 0 Å². The zero-order valence-corrected chi connectivity index (χ0v) is 31.9. The summed E-state index contributed by atoms with van der Waals surface area (Å²) in [5.74, 6) is 0. The molecule has 0 atom stereocenters.